The number of hydrogen-bond acceptors (Lipinski definition) is 2. The third-order valence-electron chi connectivity index (χ3n) is 0.287. The summed E-state index contributed by atoms with van der Waals surface area (Å²) in [5, 5.41) is 0. The number of hydrogen-bond donors (Lipinski definition) is 0. The molecule has 0 spiro atoms. The number of carbonyl (C=O) groups excluding carboxylic acids is 1. The maximum Gasteiger partial charge on any atom is 0.302 e. The molecular weight excluding hydrogens is 149 g/mol. The zero-order chi connectivity index (χ0) is 4.28. The van der Waals surface area contributed by atoms with E-state index in [1.165, 1.54) is 14.0 Å². The normalized spacial score (nSPS) is 4.86. The molecule has 3 nitrogen and oxygen atoms in total. The molecule has 0 bridgehead atoms. The summed E-state index contributed by atoms with van der Waals surface area (Å²) in [6.45, 7) is 1.36. The van der Waals surface area contributed by atoms with Crippen molar-refractivity contribution in [3.63, 3.8) is 0 Å². The molecule has 0 aliphatic carbocycles. The first-order valence-electron chi connectivity index (χ1n) is 1.32. The first-order chi connectivity index (χ1) is 2.27. The fraction of sp³-hybridized carbons (Fsp3) is 0.667. The van der Waals surface area contributed by atoms with E-state index in [-0.39, 0.29) is 30.9 Å². The third kappa shape index (κ3) is 23.6. The summed E-state index contributed by atoms with van der Waals surface area (Å²) in [5.41, 5.74) is 0. The van der Waals surface area contributed by atoms with Crippen LogP contribution in [-0.4, -0.2) is 18.6 Å². The van der Waals surface area contributed by atoms with Crippen molar-refractivity contribution in [1.29, 1.82) is 0 Å². The minimum Gasteiger partial charge on any atom is -0.469 e. The largest absolute Gasteiger partial charge is 0.469 e. The average molecular weight is 157 g/mol. The van der Waals surface area contributed by atoms with Gasteiger partial charge in [0.1, 0.15) is 0 Å². The van der Waals surface area contributed by atoms with E-state index in [9.17, 15) is 4.79 Å². The molecular formula is C3H8O3Zn. The number of rotatable bonds is 0. The molecule has 4 heteroatoms. The Morgan fingerprint density at radius 1 is 1.57 bits per heavy atom. The van der Waals surface area contributed by atoms with Crippen molar-refractivity contribution in [1.82, 2.24) is 0 Å². The summed E-state index contributed by atoms with van der Waals surface area (Å²) >= 11 is 0. The molecule has 0 aromatic rings. The summed E-state index contributed by atoms with van der Waals surface area (Å²) in [5.74, 6) is -0.245. The van der Waals surface area contributed by atoms with E-state index in [1.54, 1.807) is 0 Å². The molecule has 7 heavy (non-hydrogen) atoms. The quantitative estimate of drug-likeness (QED) is 0.347. The first kappa shape index (κ1) is 15.7. The monoisotopic (exact) mass is 156 g/mol. The van der Waals surface area contributed by atoms with E-state index < -0.39 is 0 Å². The van der Waals surface area contributed by atoms with Crippen LogP contribution in [0.4, 0.5) is 0 Å². The van der Waals surface area contributed by atoms with E-state index in [0.29, 0.717) is 0 Å². The van der Waals surface area contributed by atoms with Gasteiger partial charge >= 0.3 is 5.97 Å². The van der Waals surface area contributed by atoms with Gasteiger partial charge in [0.05, 0.1) is 7.11 Å². The molecule has 0 aliphatic heterocycles. The molecule has 0 unspecified atom stereocenters. The maximum absolute atomic E-state index is 9.59. The van der Waals surface area contributed by atoms with E-state index in [1.807, 2.05) is 0 Å². The molecule has 0 saturated carbocycles. The molecule has 0 atom stereocenters. The van der Waals surface area contributed by atoms with E-state index >= 15 is 0 Å². The van der Waals surface area contributed by atoms with Crippen LogP contribution in [-0.2, 0) is 29.0 Å². The maximum atomic E-state index is 9.59. The van der Waals surface area contributed by atoms with Crippen LogP contribution in [0.3, 0.4) is 0 Å². The van der Waals surface area contributed by atoms with Gasteiger partial charge in [-0.2, -0.15) is 0 Å². The van der Waals surface area contributed by atoms with Crippen LogP contribution in [0.1, 0.15) is 6.92 Å². The molecule has 0 aromatic heterocycles. The van der Waals surface area contributed by atoms with Crippen molar-refractivity contribution in [2.75, 3.05) is 7.11 Å². The van der Waals surface area contributed by atoms with Gasteiger partial charge in [0.15, 0.2) is 0 Å². The summed E-state index contributed by atoms with van der Waals surface area (Å²) < 4.78 is 4.11. The Bertz CT molecular complexity index is 45.4. The topological polar surface area (TPSA) is 57.8 Å². The van der Waals surface area contributed by atoms with Gasteiger partial charge in [-0.25, -0.2) is 0 Å². The molecule has 0 rings (SSSR count). The Labute approximate surface area is 55.1 Å². The molecule has 0 aliphatic rings. The minimum atomic E-state index is -0.245. The van der Waals surface area contributed by atoms with Crippen LogP contribution in [0.2, 0.25) is 0 Å². The van der Waals surface area contributed by atoms with Crippen LogP contribution < -0.4 is 0 Å². The van der Waals surface area contributed by atoms with E-state index in [0.717, 1.165) is 0 Å². The van der Waals surface area contributed by atoms with Crippen LogP contribution in [0, 0.1) is 0 Å². The van der Waals surface area contributed by atoms with Gasteiger partial charge in [-0.15, -0.1) is 0 Å². The Kier molecular flexibility index (Phi) is 21.1. The number of carbonyl (C=O) groups is 1. The van der Waals surface area contributed by atoms with Gasteiger partial charge in [0.25, 0.3) is 0 Å². The Morgan fingerprint density at radius 2 is 1.71 bits per heavy atom. The third-order valence-corrected chi connectivity index (χ3v) is 0.287. The predicted molar refractivity (Wildman–Crippen MR) is 21.3 cm³/mol. The number of methoxy groups -OCH3 is 1. The summed E-state index contributed by atoms with van der Waals surface area (Å²) in [7, 11) is 1.35. The zero-order valence-electron chi connectivity index (χ0n) is 4.52. The SMILES string of the molecule is COC(C)=O.O.[Zn]. The van der Waals surface area contributed by atoms with Gasteiger partial charge in [-0.05, 0) is 0 Å². The summed E-state index contributed by atoms with van der Waals surface area (Å²) in [6.07, 6.45) is 0. The molecule has 0 aromatic carbocycles. The number of ether oxygens (including phenoxy) is 1. The predicted octanol–water partition coefficient (Wildman–Crippen LogP) is -0.648. The van der Waals surface area contributed by atoms with Gasteiger partial charge in [-0.1, -0.05) is 0 Å². The second-order valence-electron chi connectivity index (χ2n) is 0.696. The molecule has 40 valence electrons. The van der Waals surface area contributed by atoms with Crippen molar-refractivity contribution in [3.05, 3.63) is 0 Å². The second-order valence-corrected chi connectivity index (χ2v) is 0.696. The van der Waals surface area contributed by atoms with Crippen LogP contribution >= 0.6 is 0 Å². The molecule has 0 heterocycles. The fourth-order valence-electron chi connectivity index (χ4n) is 0. The van der Waals surface area contributed by atoms with Gasteiger partial charge in [-0.3, -0.25) is 4.79 Å². The summed E-state index contributed by atoms with van der Waals surface area (Å²) in [4.78, 5) is 9.59. The molecule has 0 radical (unpaired) electrons. The van der Waals surface area contributed by atoms with E-state index in [2.05, 4.69) is 4.74 Å². The summed E-state index contributed by atoms with van der Waals surface area (Å²) in [6, 6.07) is 0. The average Bonchev–Trinajstić information content (AvgIpc) is 1.38. The van der Waals surface area contributed by atoms with Crippen molar-refractivity contribution in [2.24, 2.45) is 0 Å². The molecule has 2 N–H and O–H groups in total. The van der Waals surface area contributed by atoms with Gasteiger partial charge < -0.3 is 10.2 Å². The van der Waals surface area contributed by atoms with Crippen LogP contribution in [0.5, 0.6) is 0 Å². The standard InChI is InChI=1S/C3H6O2.H2O.Zn/c1-3(4)5-2;;/h1-2H3;1H2;. The number of esters is 1. The Balaban J connectivity index is -0.0000000800. The fourth-order valence-corrected chi connectivity index (χ4v) is 0. The van der Waals surface area contributed by atoms with Crippen molar-refractivity contribution in [2.45, 2.75) is 6.92 Å². The molecule has 0 amide bonds. The Hall–Kier alpha value is 0.0534. The van der Waals surface area contributed by atoms with Crippen molar-refractivity contribution in [3.8, 4) is 0 Å². The van der Waals surface area contributed by atoms with Crippen molar-refractivity contribution < 1.29 is 34.5 Å². The zero-order valence-corrected chi connectivity index (χ0v) is 7.49. The van der Waals surface area contributed by atoms with Crippen molar-refractivity contribution >= 4 is 5.97 Å². The Morgan fingerprint density at radius 3 is 1.71 bits per heavy atom. The molecule has 0 saturated heterocycles. The van der Waals surface area contributed by atoms with E-state index in [4.69, 9.17) is 0 Å². The second kappa shape index (κ2) is 9.41. The van der Waals surface area contributed by atoms with Crippen LogP contribution in [0.15, 0.2) is 0 Å². The van der Waals surface area contributed by atoms with Gasteiger partial charge in [0.2, 0.25) is 0 Å². The first-order valence-corrected chi connectivity index (χ1v) is 1.32. The van der Waals surface area contributed by atoms with Gasteiger partial charge in [0, 0.05) is 26.4 Å². The van der Waals surface area contributed by atoms with Crippen LogP contribution in [0.25, 0.3) is 0 Å². The minimum absolute atomic E-state index is 0. The molecule has 0 fully saturated rings. The smallest absolute Gasteiger partial charge is 0.302 e.